The molecule has 0 spiro atoms. The number of hydrogen-bond acceptors (Lipinski definition) is 6. The zero-order valence-corrected chi connectivity index (χ0v) is 17.9. The maximum absolute atomic E-state index is 12.1. The van der Waals surface area contributed by atoms with Gasteiger partial charge in [-0.2, -0.15) is 0 Å². The molecule has 4 rings (SSSR count). The molecule has 29 heavy (non-hydrogen) atoms. The Labute approximate surface area is 179 Å². The fraction of sp³-hybridized carbons (Fsp3) is 0.381. The number of nitrogens with zero attached hydrogens (tertiary/aromatic N) is 1. The van der Waals surface area contributed by atoms with E-state index in [0.717, 1.165) is 30.0 Å². The number of anilines is 1. The molecule has 1 saturated heterocycles. The first kappa shape index (κ1) is 20.2. The number of piperidine rings is 1. The van der Waals surface area contributed by atoms with Gasteiger partial charge in [0.1, 0.15) is 6.10 Å². The minimum absolute atomic E-state index is 0.142. The third kappa shape index (κ3) is 5.30. The van der Waals surface area contributed by atoms with Crippen LogP contribution < -0.4 is 16.1 Å². The standard InChI is InChI=1S/C21H25ClN4O2S/c1-26-10-8-16(9-11-26)24-15-4-2-14(3-5-15)18-12-17(28-25-18)13-23-21(27)19-6-7-20(22)29-19/h2-7,12,16-17,24-25H,8-11,13H2,1H3,(H,23,27). The fourth-order valence-corrected chi connectivity index (χ4v) is 4.46. The Balaban J connectivity index is 1.29. The van der Waals surface area contributed by atoms with Gasteiger partial charge in [0.15, 0.2) is 0 Å². The van der Waals surface area contributed by atoms with E-state index in [2.05, 4.69) is 52.3 Å². The number of hydrogen-bond donors (Lipinski definition) is 3. The smallest absolute Gasteiger partial charge is 0.261 e. The van der Waals surface area contributed by atoms with Crippen LogP contribution in [0.1, 0.15) is 28.1 Å². The van der Waals surface area contributed by atoms with Crippen LogP contribution in [0.15, 0.2) is 42.5 Å². The fourth-order valence-electron chi connectivity index (χ4n) is 3.50. The predicted molar refractivity (Wildman–Crippen MR) is 118 cm³/mol. The highest BCUT2D eigenvalue weighted by Crippen LogP contribution is 2.23. The second kappa shape index (κ2) is 9.17. The van der Waals surface area contributed by atoms with Gasteiger partial charge < -0.3 is 15.5 Å². The number of rotatable bonds is 6. The summed E-state index contributed by atoms with van der Waals surface area (Å²) in [5.41, 5.74) is 6.07. The molecule has 3 heterocycles. The van der Waals surface area contributed by atoms with Crippen LogP contribution in [0, 0.1) is 0 Å². The van der Waals surface area contributed by atoms with Crippen LogP contribution in [0.5, 0.6) is 0 Å². The van der Waals surface area contributed by atoms with E-state index >= 15 is 0 Å². The van der Waals surface area contributed by atoms with Gasteiger partial charge in [0.2, 0.25) is 0 Å². The van der Waals surface area contributed by atoms with Crippen molar-refractivity contribution in [3.63, 3.8) is 0 Å². The number of halogens is 1. The molecule has 1 fully saturated rings. The summed E-state index contributed by atoms with van der Waals surface area (Å²) >= 11 is 7.14. The number of benzene rings is 1. The minimum Gasteiger partial charge on any atom is -0.382 e. The van der Waals surface area contributed by atoms with Crippen LogP contribution in [0.3, 0.4) is 0 Å². The normalized spacial score (nSPS) is 20.2. The number of hydroxylamine groups is 1. The van der Waals surface area contributed by atoms with Crippen molar-refractivity contribution < 1.29 is 9.63 Å². The van der Waals surface area contributed by atoms with Crippen molar-refractivity contribution in [2.24, 2.45) is 0 Å². The van der Waals surface area contributed by atoms with Gasteiger partial charge >= 0.3 is 0 Å². The van der Waals surface area contributed by atoms with Crippen molar-refractivity contribution in [3.05, 3.63) is 57.3 Å². The van der Waals surface area contributed by atoms with E-state index in [4.69, 9.17) is 16.4 Å². The first-order chi connectivity index (χ1) is 14.1. The van der Waals surface area contributed by atoms with Crippen molar-refractivity contribution >= 4 is 40.2 Å². The number of thiophene rings is 1. The SMILES string of the molecule is CN1CCC(Nc2ccc(C3=CC(CNC(=O)c4ccc(Cl)s4)ON3)cc2)CC1. The monoisotopic (exact) mass is 432 g/mol. The second-order valence-corrected chi connectivity index (χ2v) is 9.17. The summed E-state index contributed by atoms with van der Waals surface area (Å²) in [4.78, 5) is 20.7. The predicted octanol–water partition coefficient (Wildman–Crippen LogP) is 3.58. The van der Waals surface area contributed by atoms with E-state index < -0.39 is 0 Å². The lowest BCUT2D eigenvalue weighted by Gasteiger charge is -2.30. The summed E-state index contributed by atoms with van der Waals surface area (Å²) in [6.45, 7) is 2.67. The summed E-state index contributed by atoms with van der Waals surface area (Å²) in [6, 6.07) is 12.3. The van der Waals surface area contributed by atoms with Gasteiger partial charge in [-0.25, -0.2) is 0 Å². The molecule has 0 bridgehead atoms. The van der Waals surface area contributed by atoms with Gasteiger partial charge in [-0.15, -0.1) is 11.3 Å². The van der Waals surface area contributed by atoms with Gasteiger partial charge in [0.25, 0.3) is 5.91 Å². The third-order valence-electron chi connectivity index (χ3n) is 5.22. The minimum atomic E-state index is -0.221. The Hall–Kier alpha value is -2.06. The Morgan fingerprint density at radius 2 is 2.00 bits per heavy atom. The van der Waals surface area contributed by atoms with Crippen molar-refractivity contribution in [1.29, 1.82) is 0 Å². The molecule has 1 aromatic heterocycles. The van der Waals surface area contributed by atoms with Gasteiger partial charge in [0, 0.05) is 11.7 Å². The van der Waals surface area contributed by atoms with Crippen LogP contribution in [0.4, 0.5) is 5.69 Å². The van der Waals surface area contributed by atoms with Crippen molar-refractivity contribution in [3.8, 4) is 0 Å². The van der Waals surface area contributed by atoms with E-state index in [9.17, 15) is 4.79 Å². The molecule has 1 unspecified atom stereocenters. The summed E-state index contributed by atoms with van der Waals surface area (Å²) in [6.07, 6.45) is 4.11. The molecule has 2 aliphatic rings. The molecule has 2 aromatic rings. The van der Waals surface area contributed by atoms with Crippen LogP contribution in [0.25, 0.3) is 5.70 Å². The first-order valence-corrected chi connectivity index (χ1v) is 11.0. The number of likely N-dealkylation sites (tertiary alicyclic amines) is 1. The Morgan fingerprint density at radius 3 is 2.69 bits per heavy atom. The lowest BCUT2D eigenvalue weighted by molar-refractivity contribution is 0.0499. The van der Waals surface area contributed by atoms with Gasteiger partial charge in [-0.3, -0.25) is 15.1 Å². The number of carbonyl (C=O) groups is 1. The summed E-state index contributed by atoms with van der Waals surface area (Å²) in [5.74, 6) is -0.142. The van der Waals surface area contributed by atoms with Gasteiger partial charge in [-0.05, 0) is 68.9 Å². The average molecular weight is 433 g/mol. The van der Waals surface area contributed by atoms with E-state index in [1.165, 1.54) is 24.2 Å². The molecule has 0 aliphatic carbocycles. The summed E-state index contributed by atoms with van der Waals surface area (Å²) in [7, 11) is 2.17. The molecule has 1 aromatic carbocycles. The van der Waals surface area contributed by atoms with Crippen molar-refractivity contribution in [2.75, 3.05) is 32.0 Å². The zero-order chi connectivity index (χ0) is 20.2. The van der Waals surface area contributed by atoms with Gasteiger partial charge in [0.05, 0.1) is 21.5 Å². The number of nitrogens with one attached hydrogen (secondary N) is 3. The second-order valence-electron chi connectivity index (χ2n) is 7.45. The number of carbonyl (C=O) groups excluding carboxylic acids is 1. The van der Waals surface area contributed by atoms with Crippen LogP contribution in [0.2, 0.25) is 4.34 Å². The quantitative estimate of drug-likeness (QED) is 0.651. The van der Waals surface area contributed by atoms with Crippen molar-refractivity contribution in [1.82, 2.24) is 15.7 Å². The highest BCUT2D eigenvalue weighted by molar-refractivity contribution is 7.17. The summed E-state index contributed by atoms with van der Waals surface area (Å²) < 4.78 is 0.602. The lowest BCUT2D eigenvalue weighted by Crippen LogP contribution is -2.36. The number of amides is 1. The Kier molecular flexibility index (Phi) is 6.40. The zero-order valence-electron chi connectivity index (χ0n) is 16.3. The van der Waals surface area contributed by atoms with Gasteiger partial charge in [-0.1, -0.05) is 23.7 Å². The molecule has 3 N–H and O–H groups in total. The molecule has 1 amide bonds. The molecule has 8 heteroatoms. The topological polar surface area (TPSA) is 65.6 Å². The maximum atomic E-state index is 12.1. The molecule has 0 radical (unpaired) electrons. The van der Waals surface area contributed by atoms with Crippen LogP contribution >= 0.6 is 22.9 Å². The van der Waals surface area contributed by atoms with E-state index in [1.807, 2.05) is 6.08 Å². The molecule has 2 aliphatic heterocycles. The lowest BCUT2D eigenvalue weighted by atomic mass is 10.0. The largest absolute Gasteiger partial charge is 0.382 e. The molecule has 154 valence electrons. The van der Waals surface area contributed by atoms with E-state index in [0.29, 0.717) is 21.8 Å². The Bertz CT molecular complexity index is 875. The highest BCUT2D eigenvalue weighted by atomic mass is 35.5. The van der Waals surface area contributed by atoms with E-state index in [-0.39, 0.29) is 12.0 Å². The first-order valence-electron chi connectivity index (χ1n) is 9.79. The maximum Gasteiger partial charge on any atom is 0.261 e. The molecule has 6 nitrogen and oxygen atoms in total. The highest BCUT2D eigenvalue weighted by Gasteiger charge is 2.20. The van der Waals surface area contributed by atoms with Crippen molar-refractivity contribution in [2.45, 2.75) is 25.0 Å². The average Bonchev–Trinajstić information content (AvgIpc) is 3.38. The summed E-state index contributed by atoms with van der Waals surface area (Å²) in [5, 5.41) is 6.50. The molecule has 1 atom stereocenters. The molecular weight excluding hydrogens is 408 g/mol. The third-order valence-corrected chi connectivity index (χ3v) is 6.45. The Morgan fingerprint density at radius 1 is 1.24 bits per heavy atom. The van der Waals surface area contributed by atoms with E-state index in [1.54, 1.807) is 12.1 Å². The van der Waals surface area contributed by atoms with Crippen LogP contribution in [-0.2, 0) is 4.84 Å². The van der Waals surface area contributed by atoms with Crippen LogP contribution in [-0.4, -0.2) is 49.6 Å². The molecule has 0 saturated carbocycles. The molecular formula is C21H25ClN4O2S.